The van der Waals surface area contributed by atoms with E-state index in [1.165, 1.54) is 12.1 Å². The van der Waals surface area contributed by atoms with Crippen LogP contribution in [-0.4, -0.2) is 132 Å². The second kappa shape index (κ2) is 18.9. The first-order valence-electron chi connectivity index (χ1n) is 13.9. The molecule has 1 saturated heterocycles. The van der Waals surface area contributed by atoms with Crippen molar-refractivity contribution in [1.82, 2.24) is 14.8 Å². The minimum absolute atomic E-state index is 0.00895. The summed E-state index contributed by atoms with van der Waals surface area (Å²) in [7, 11) is 0. The number of pyridine rings is 1. The fourth-order valence-corrected chi connectivity index (χ4v) is 4.57. The van der Waals surface area contributed by atoms with Gasteiger partial charge in [-0.05, 0) is 42.0 Å². The molecule has 1 aromatic heterocycles. The van der Waals surface area contributed by atoms with Crippen molar-refractivity contribution in [2.45, 2.75) is 13.1 Å². The van der Waals surface area contributed by atoms with E-state index in [-0.39, 0.29) is 34.6 Å². The molecule has 2 heterocycles. The Balaban J connectivity index is 1.61. The fourth-order valence-electron chi connectivity index (χ4n) is 4.46. The Bertz CT molecular complexity index is 1300. The van der Waals surface area contributed by atoms with Gasteiger partial charge in [-0.1, -0.05) is 6.07 Å². The van der Waals surface area contributed by atoms with Gasteiger partial charge in [0.15, 0.2) is 0 Å². The van der Waals surface area contributed by atoms with Gasteiger partial charge >= 0.3 is 17.9 Å². The van der Waals surface area contributed by atoms with E-state index in [0.717, 1.165) is 6.07 Å². The number of isothiocyanates is 1. The van der Waals surface area contributed by atoms with Crippen LogP contribution in [0.25, 0.3) is 0 Å². The summed E-state index contributed by atoms with van der Waals surface area (Å²) >= 11 is 4.65. The second-order valence-electron chi connectivity index (χ2n) is 9.66. The van der Waals surface area contributed by atoms with E-state index in [4.69, 9.17) is 18.9 Å². The third-order valence-corrected chi connectivity index (χ3v) is 6.67. The van der Waals surface area contributed by atoms with Gasteiger partial charge in [0.05, 0.1) is 80.5 Å². The lowest BCUT2D eigenvalue weighted by Crippen LogP contribution is -2.33. The highest BCUT2D eigenvalue weighted by molar-refractivity contribution is 7.78. The monoisotopic (exact) mass is 632 g/mol. The maximum atomic E-state index is 12.0. The van der Waals surface area contributed by atoms with Crippen LogP contribution in [-0.2, 0) is 32.0 Å². The van der Waals surface area contributed by atoms with Gasteiger partial charge in [0.1, 0.15) is 5.69 Å². The van der Waals surface area contributed by atoms with E-state index in [2.05, 4.69) is 32.3 Å². The number of benzene rings is 1. The predicted octanol–water partition coefficient (Wildman–Crippen LogP) is 2.29. The van der Waals surface area contributed by atoms with Gasteiger partial charge in [0.2, 0.25) is 0 Å². The molecule has 0 saturated carbocycles. The predicted molar refractivity (Wildman–Crippen MR) is 160 cm³/mol. The molecule has 2 aromatic rings. The lowest BCUT2D eigenvalue weighted by molar-refractivity contribution is 0.00606. The lowest BCUT2D eigenvalue weighted by atomic mass is 9.99. The van der Waals surface area contributed by atoms with Crippen molar-refractivity contribution in [3.05, 3.63) is 58.4 Å². The number of ether oxygens (including phenoxy) is 4. The van der Waals surface area contributed by atoms with Crippen molar-refractivity contribution < 1.29 is 48.7 Å². The number of rotatable bonds is 8. The molecular formula is C29H36N4O10S. The van der Waals surface area contributed by atoms with Crippen LogP contribution >= 0.6 is 12.2 Å². The molecular weight excluding hydrogens is 596 g/mol. The molecule has 0 amide bonds. The van der Waals surface area contributed by atoms with Gasteiger partial charge < -0.3 is 34.3 Å². The van der Waals surface area contributed by atoms with Crippen LogP contribution in [0.3, 0.4) is 0 Å². The van der Waals surface area contributed by atoms with Crippen LogP contribution in [0.15, 0.2) is 35.3 Å². The van der Waals surface area contributed by atoms with Crippen LogP contribution in [0.4, 0.5) is 5.69 Å². The number of hydrogen-bond donors (Lipinski definition) is 3. The number of nitrogens with zero attached hydrogens (tertiary/aromatic N) is 4. The van der Waals surface area contributed by atoms with Crippen LogP contribution in [0, 0.1) is 0 Å². The summed E-state index contributed by atoms with van der Waals surface area (Å²) < 4.78 is 23.0. The molecule has 1 fully saturated rings. The third kappa shape index (κ3) is 11.8. The summed E-state index contributed by atoms with van der Waals surface area (Å²) in [5.74, 6) is -3.82. The highest BCUT2D eigenvalue weighted by Gasteiger charge is 2.23. The summed E-state index contributed by atoms with van der Waals surface area (Å²) in [5.41, 5.74) is 0.393. The van der Waals surface area contributed by atoms with Crippen molar-refractivity contribution in [3.63, 3.8) is 0 Å². The van der Waals surface area contributed by atoms with Crippen LogP contribution in [0.5, 0.6) is 0 Å². The Labute approximate surface area is 259 Å². The van der Waals surface area contributed by atoms with E-state index in [1.807, 2.05) is 4.90 Å². The van der Waals surface area contributed by atoms with Crippen molar-refractivity contribution in [1.29, 1.82) is 0 Å². The number of hydrogen-bond acceptors (Lipinski definition) is 12. The number of aromatic carboxylic acids is 3. The summed E-state index contributed by atoms with van der Waals surface area (Å²) in [6, 6.07) is 7.55. The fraction of sp³-hybridized carbons (Fsp3) is 0.483. The average molecular weight is 633 g/mol. The van der Waals surface area contributed by atoms with Gasteiger partial charge in [0, 0.05) is 39.3 Å². The normalized spacial score (nSPS) is 17.1. The first kappa shape index (κ1) is 34.8. The Hall–Kier alpha value is -3.66. The molecule has 0 bridgehead atoms. The van der Waals surface area contributed by atoms with Crippen molar-refractivity contribution in [2.24, 2.45) is 4.99 Å². The summed E-state index contributed by atoms with van der Waals surface area (Å²) in [4.78, 5) is 47.2. The van der Waals surface area contributed by atoms with Crippen molar-refractivity contribution in [2.75, 3.05) is 79.0 Å². The Kier molecular flexibility index (Phi) is 14.9. The second-order valence-corrected chi connectivity index (χ2v) is 9.84. The number of carbonyl (C=O) groups is 3. The molecule has 1 aliphatic rings. The number of carboxylic acid groups (broad SMARTS) is 3. The smallest absolute Gasteiger partial charge is 0.354 e. The molecule has 0 atom stereocenters. The molecule has 3 N–H and O–H groups in total. The molecule has 15 heteroatoms. The molecule has 44 heavy (non-hydrogen) atoms. The summed E-state index contributed by atoms with van der Waals surface area (Å²) in [5, 5.41) is 30.9. The minimum Gasteiger partial charge on any atom is -0.478 e. The van der Waals surface area contributed by atoms with Gasteiger partial charge in [-0.2, -0.15) is 4.99 Å². The topological polar surface area (TPSA) is 181 Å². The van der Waals surface area contributed by atoms with E-state index in [9.17, 15) is 29.7 Å². The molecule has 14 nitrogen and oxygen atoms in total. The van der Waals surface area contributed by atoms with Gasteiger partial charge in [-0.15, -0.1) is 0 Å². The molecule has 3 rings (SSSR count). The maximum absolute atomic E-state index is 12.0. The highest BCUT2D eigenvalue weighted by atomic mass is 32.1. The SMILES string of the molecule is O=C(O)c1cccc(CN2CCOCCOCCN(Cc3cc(N=C=S)cc(C(=O)O)c3C(=O)O)CCOCCOCC2)n1. The average Bonchev–Trinajstić information content (AvgIpc) is 2.98. The van der Waals surface area contributed by atoms with E-state index in [1.54, 1.807) is 12.1 Å². The van der Waals surface area contributed by atoms with Gasteiger partial charge in [-0.25, -0.2) is 19.4 Å². The zero-order valence-corrected chi connectivity index (χ0v) is 25.0. The molecule has 0 unspecified atom stereocenters. The Morgan fingerprint density at radius 3 is 1.80 bits per heavy atom. The van der Waals surface area contributed by atoms with E-state index < -0.39 is 17.9 Å². The highest BCUT2D eigenvalue weighted by Crippen LogP contribution is 2.25. The summed E-state index contributed by atoms with van der Waals surface area (Å²) in [6.45, 7) is 5.36. The van der Waals surface area contributed by atoms with E-state index in [0.29, 0.717) is 91.3 Å². The minimum atomic E-state index is -1.39. The molecule has 1 aliphatic heterocycles. The molecule has 238 valence electrons. The van der Waals surface area contributed by atoms with Gasteiger partial charge in [0.25, 0.3) is 0 Å². The number of aromatic nitrogens is 1. The lowest BCUT2D eigenvalue weighted by Gasteiger charge is -2.24. The van der Waals surface area contributed by atoms with Gasteiger partial charge in [-0.3, -0.25) is 9.80 Å². The third-order valence-electron chi connectivity index (χ3n) is 6.58. The Morgan fingerprint density at radius 2 is 1.32 bits per heavy atom. The van der Waals surface area contributed by atoms with Crippen molar-refractivity contribution >= 4 is 41.0 Å². The first-order chi connectivity index (χ1) is 21.3. The van der Waals surface area contributed by atoms with Crippen LogP contribution in [0.1, 0.15) is 42.5 Å². The number of aliphatic imine (C=N–C) groups is 1. The number of thiocarbonyl (C=S) groups is 1. The zero-order valence-electron chi connectivity index (χ0n) is 24.2. The molecule has 0 radical (unpaired) electrons. The quantitative estimate of drug-likeness (QED) is 0.285. The standard InChI is InChI=1S/C29H36N4O10S/c34-27(35)24-17-23(30-20-44)16-21(26(24)29(38)39)18-32-4-8-40-12-14-42-10-6-33(7-11-43-15-13-41-9-5-32)19-22-2-1-3-25(31-22)28(36)37/h1-3,16-17H,4-15,18-19H2,(H,34,35)(H,36,37)(H,38,39). The Morgan fingerprint density at radius 1 is 0.773 bits per heavy atom. The maximum Gasteiger partial charge on any atom is 0.354 e. The largest absolute Gasteiger partial charge is 0.478 e. The number of carboxylic acids is 3. The molecule has 1 aromatic carbocycles. The summed E-state index contributed by atoms with van der Waals surface area (Å²) in [6.07, 6.45) is 0. The van der Waals surface area contributed by atoms with Crippen molar-refractivity contribution in [3.8, 4) is 0 Å². The zero-order chi connectivity index (χ0) is 31.7. The van der Waals surface area contributed by atoms with E-state index >= 15 is 0 Å². The van der Waals surface area contributed by atoms with Crippen LogP contribution in [0.2, 0.25) is 0 Å². The van der Waals surface area contributed by atoms with Crippen LogP contribution < -0.4 is 0 Å². The molecule has 0 spiro atoms. The first-order valence-corrected chi connectivity index (χ1v) is 14.4. The molecule has 0 aliphatic carbocycles.